The van der Waals surface area contributed by atoms with Gasteiger partial charge >= 0.3 is 0 Å². The zero-order valence-electron chi connectivity index (χ0n) is 16.0. The predicted octanol–water partition coefficient (Wildman–Crippen LogP) is 4.87. The molecule has 2 heterocycles. The van der Waals surface area contributed by atoms with Crippen molar-refractivity contribution < 1.29 is 13.2 Å². The Kier molecular flexibility index (Phi) is 5.81. The number of halogens is 2. The highest BCUT2D eigenvalue weighted by Gasteiger charge is 2.19. The zero-order chi connectivity index (χ0) is 22.0. The predicted molar refractivity (Wildman–Crippen MR) is 118 cm³/mol. The van der Waals surface area contributed by atoms with Crippen LogP contribution >= 0.6 is 23.2 Å². The highest BCUT2D eigenvalue weighted by atomic mass is 35.5. The number of benzene rings is 2. The van der Waals surface area contributed by atoms with Crippen molar-refractivity contribution in [2.75, 3.05) is 4.72 Å². The molecule has 11 heteroatoms. The van der Waals surface area contributed by atoms with Crippen LogP contribution in [0.2, 0.25) is 10.0 Å². The molecule has 31 heavy (non-hydrogen) atoms. The van der Waals surface area contributed by atoms with Gasteiger partial charge in [0, 0.05) is 29.2 Å². The first-order valence-corrected chi connectivity index (χ1v) is 11.1. The molecule has 4 aromatic rings. The van der Waals surface area contributed by atoms with Crippen LogP contribution in [0.1, 0.15) is 5.56 Å². The Morgan fingerprint density at radius 1 is 1.03 bits per heavy atom. The third kappa shape index (κ3) is 4.79. The van der Waals surface area contributed by atoms with E-state index >= 15 is 0 Å². The fourth-order valence-electron chi connectivity index (χ4n) is 2.67. The molecule has 0 saturated carbocycles. The van der Waals surface area contributed by atoms with Gasteiger partial charge in [0.25, 0.3) is 10.0 Å². The summed E-state index contributed by atoms with van der Waals surface area (Å²) in [6, 6.07) is 12.6. The maximum atomic E-state index is 12.7. The van der Waals surface area contributed by atoms with E-state index in [0.29, 0.717) is 33.7 Å². The molecular weight excluding hydrogens is 461 g/mol. The molecular formula is C20H15Cl2N5O3S. The Morgan fingerprint density at radius 2 is 1.81 bits per heavy atom. The fraction of sp³-hybridized carbons (Fsp3) is 0.0500. The van der Waals surface area contributed by atoms with Crippen LogP contribution in [0, 0.1) is 6.92 Å². The summed E-state index contributed by atoms with van der Waals surface area (Å²) in [7, 11) is -3.90. The van der Waals surface area contributed by atoms with Crippen LogP contribution in [0.5, 0.6) is 11.6 Å². The van der Waals surface area contributed by atoms with Crippen molar-refractivity contribution in [3.05, 3.63) is 82.9 Å². The fourth-order valence-corrected chi connectivity index (χ4v) is 4.57. The van der Waals surface area contributed by atoms with Gasteiger partial charge in [-0.15, -0.1) is 0 Å². The van der Waals surface area contributed by atoms with E-state index in [1.165, 1.54) is 18.5 Å². The van der Waals surface area contributed by atoms with Crippen molar-refractivity contribution in [2.45, 2.75) is 11.8 Å². The summed E-state index contributed by atoms with van der Waals surface area (Å²) < 4.78 is 35.2. The topological polar surface area (TPSA) is 99.0 Å². The molecule has 0 aliphatic heterocycles. The standard InChI is InChI=1S/C20H15Cl2N5O3S/c1-13-9-18(17(22)10-16(13)21)31(28,29)26-14-3-5-15(6-4-14)30-20-11-19(23-12-24-20)27-8-2-7-25-27/h2-12,26H,1H3. The molecule has 0 aliphatic rings. The lowest BCUT2D eigenvalue weighted by molar-refractivity contribution is 0.460. The van der Waals surface area contributed by atoms with Crippen LogP contribution in [-0.2, 0) is 10.0 Å². The number of sulfonamides is 1. The van der Waals surface area contributed by atoms with E-state index in [9.17, 15) is 8.42 Å². The first-order valence-electron chi connectivity index (χ1n) is 8.90. The molecule has 0 unspecified atom stereocenters. The minimum atomic E-state index is -3.90. The lowest BCUT2D eigenvalue weighted by atomic mass is 10.2. The van der Waals surface area contributed by atoms with E-state index in [0.717, 1.165) is 0 Å². The van der Waals surface area contributed by atoms with Crippen molar-refractivity contribution >= 4 is 38.9 Å². The second kappa shape index (κ2) is 8.54. The van der Waals surface area contributed by atoms with E-state index in [1.54, 1.807) is 60.4 Å². The number of nitrogens with one attached hydrogen (secondary N) is 1. The van der Waals surface area contributed by atoms with Gasteiger partial charge in [-0.25, -0.2) is 23.1 Å². The van der Waals surface area contributed by atoms with E-state index in [2.05, 4.69) is 19.8 Å². The Balaban J connectivity index is 1.50. The number of aryl methyl sites for hydroxylation is 1. The van der Waals surface area contributed by atoms with Crippen LogP contribution < -0.4 is 9.46 Å². The van der Waals surface area contributed by atoms with Crippen molar-refractivity contribution in [1.29, 1.82) is 0 Å². The normalized spacial score (nSPS) is 11.3. The van der Waals surface area contributed by atoms with Gasteiger partial charge in [0.2, 0.25) is 5.88 Å². The minimum absolute atomic E-state index is 0.0415. The van der Waals surface area contributed by atoms with Gasteiger partial charge in [-0.1, -0.05) is 23.2 Å². The lowest BCUT2D eigenvalue weighted by Crippen LogP contribution is -2.13. The molecule has 4 rings (SSSR count). The molecule has 0 fully saturated rings. The Labute approximate surface area is 188 Å². The van der Waals surface area contributed by atoms with E-state index in [1.807, 2.05) is 0 Å². The van der Waals surface area contributed by atoms with Gasteiger partial charge in [0.1, 0.15) is 17.0 Å². The van der Waals surface area contributed by atoms with Crippen LogP contribution in [0.25, 0.3) is 5.82 Å². The summed E-state index contributed by atoms with van der Waals surface area (Å²) in [6.45, 7) is 1.70. The quantitative estimate of drug-likeness (QED) is 0.426. The average Bonchev–Trinajstić information content (AvgIpc) is 3.27. The Bertz CT molecular complexity index is 1330. The monoisotopic (exact) mass is 475 g/mol. The van der Waals surface area contributed by atoms with Crippen LogP contribution in [0.3, 0.4) is 0 Å². The smallest absolute Gasteiger partial charge is 0.263 e. The van der Waals surface area contributed by atoms with Crippen molar-refractivity contribution in [2.24, 2.45) is 0 Å². The van der Waals surface area contributed by atoms with Gasteiger partial charge in [-0.05, 0) is 55.0 Å². The summed E-state index contributed by atoms with van der Waals surface area (Å²) in [5.41, 5.74) is 0.949. The molecule has 8 nitrogen and oxygen atoms in total. The number of anilines is 1. The number of aromatic nitrogens is 4. The number of nitrogens with zero attached hydrogens (tertiary/aromatic N) is 4. The molecule has 2 aromatic heterocycles. The maximum absolute atomic E-state index is 12.7. The molecule has 0 amide bonds. The summed E-state index contributed by atoms with van der Waals surface area (Å²) in [5, 5.41) is 4.55. The van der Waals surface area contributed by atoms with Gasteiger partial charge in [0.15, 0.2) is 5.82 Å². The second-order valence-corrected chi connectivity index (χ2v) is 8.89. The summed E-state index contributed by atoms with van der Waals surface area (Å²) in [5.74, 6) is 1.33. The molecule has 0 spiro atoms. The Morgan fingerprint density at radius 3 is 2.52 bits per heavy atom. The number of ether oxygens (including phenoxy) is 1. The van der Waals surface area contributed by atoms with E-state index < -0.39 is 10.0 Å². The first kappa shape index (κ1) is 21.1. The molecule has 158 valence electrons. The first-order chi connectivity index (χ1) is 14.8. The second-order valence-electron chi connectivity index (χ2n) is 6.43. The molecule has 0 atom stereocenters. The summed E-state index contributed by atoms with van der Waals surface area (Å²) in [6.07, 6.45) is 4.76. The number of rotatable bonds is 6. The van der Waals surface area contributed by atoms with Crippen molar-refractivity contribution in [1.82, 2.24) is 19.7 Å². The Hall–Kier alpha value is -3.14. The summed E-state index contributed by atoms with van der Waals surface area (Å²) >= 11 is 12.1. The minimum Gasteiger partial charge on any atom is -0.439 e. The van der Waals surface area contributed by atoms with Gasteiger partial charge in [-0.3, -0.25) is 4.72 Å². The van der Waals surface area contributed by atoms with Gasteiger partial charge in [0.05, 0.1) is 5.02 Å². The van der Waals surface area contributed by atoms with Crippen molar-refractivity contribution in [3.8, 4) is 17.4 Å². The molecule has 0 bridgehead atoms. The largest absolute Gasteiger partial charge is 0.439 e. The molecule has 0 saturated heterocycles. The SMILES string of the molecule is Cc1cc(S(=O)(=O)Nc2ccc(Oc3cc(-n4cccn4)ncn3)cc2)c(Cl)cc1Cl. The molecule has 0 radical (unpaired) electrons. The van der Waals surface area contributed by atoms with Gasteiger partial charge in [-0.2, -0.15) is 5.10 Å². The zero-order valence-corrected chi connectivity index (χ0v) is 18.4. The lowest BCUT2D eigenvalue weighted by Gasteiger charge is -2.12. The van der Waals surface area contributed by atoms with Crippen LogP contribution in [0.4, 0.5) is 5.69 Å². The van der Waals surface area contributed by atoms with Crippen molar-refractivity contribution in [3.63, 3.8) is 0 Å². The maximum Gasteiger partial charge on any atom is 0.263 e. The number of hydrogen-bond donors (Lipinski definition) is 1. The molecule has 2 aromatic carbocycles. The van der Waals surface area contributed by atoms with Crippen LogP contribution in [0.15, 0.2) is 72.1 Å². The van der Waals surface area contributed by atoms with E-state index in [4.69, 9.17) is 27.9 Å². The van der Waals surface area contributed by atoms with E-state index in [-0.39, 0.29) is 9.92 Å². The molecule has 1 N–H and O–H groups in total. The highest BCUT2D eigenvalue weighted by molar-refractivity contribution is 7.92. The third-order valence-electron chi connectivity index (χ3n) is 4.20. The number of hydrogen-bond acceptors (Lipinski definition) is 6. The van der Waals surface area contributed by atoms with Crippen LogP contribution in [-0.4, -0.2) is 28.2 Å². The highest BCUT2D eigenvalue weighted by Crippen LogP contribution is 2.30. The van der Waals surface area contributed by atoms with Gasteiger partial charge < -0.3 is 4.74 Å². The summed E-state index contributed by atoms with van der Waals surface area (Å²) in [4.78, 5) is 8.17. The molecule has 0 aliphatic carbocycles. The third-order valence-corrected chi connectivity index (χ3v) is 6.45. The average molecular weight is 476 g/mol.